The smallest absolute Gasteiger partial charge is 0.258 e. The topological polar surface area (TPSA) is 105 Å². The van der Waals surface area contributed by atoms with Crippen LogP contribution in [0.5, 0.6) is 11.5 Å². The van der Waals surface area contributed by atoms with Gasteiger partial charge in [0.1, 0.15) is 23.2 Å². The Hall–Kier alpha value is -5.54. The molecule has 1 aliphatic carbocycles. The number of nitrogens with one attached hydrogen (secondary N) is 1. The number of imide groups is 2. The third kappa shape index (κ3) is 8.94. The molecular weight excluding hydrogens is 763 g/mol. The molecule has 9 nitrogen and oxygen atoms in total. The van der Waals surface area contributed by atoms with Crippen molar-refractivity contribution >= 4 is 35.0 Å². The van der Waals surface area contributed by atoms with E-state index in [9.17, 15) is 19.2 Å². The summed E-state index contributed by atoms with van der Waals surface area (Å²) in [4.78, 5) is 55.3. The molecule has 2 aliphatic heterocycles. The lowest BCUT2D eigenvalue weighted by molar-refractivity contribution is -0.122. The van der Waals surface area contributed by atoms with E-state index in [0.717, 1.165) is 80.0 Å². The van der Waals surface area contributed by atoms with E-state index in [1.54, 1.807) is 0 Å². The van der Waals surface area contributed by atoms with Crippen LogP contribution in [0.1, 0.15) is 122 Å². The highest BCUT2D eigenvalue weighted by Gasteiger charge is 2.41. The van der Waals surface area contributed by atoms with Crippen molar-refractivity contribution in [1.82, 2.24) is 5.32 Å². The average molecular weight is 824 g/mol. The van der Waals surface area contributed by atoms with Gasteiger partial charge in [-0.15, -0.1) is 0 Å². The molecular formula is C52H61N3O6. The number of amides is 4. The van der Waals surface area contributed by atoms with Crippen molar-refractivity contribution < 1.29 is 28.7 Å². The van der Waals surface area contributed by atoms with Crippen molar-refractivity contribution in [3.8, 4) is 11.5 Å². The van der Waals surface area contributed by atoms with Gasteiger partial charge in [0.2, 0.25) is 5.91 Å². The van der Waals surface area contributed by atoms with Gasteiger partial charge in [-0.2, -0.15) is 0 Å². The molecule has 61 heavy (non-hydrogen) atoms. The maximum absolute atomic E-state index is 14.0. The number of anilines is 2. The monoisotopic (exact) mass is 823 g/mol. The van der Waals surface area contributed by atoms with Crippen molar-refractivity contribution in [3.05, 3.63) is 128 Å². The van der Waals surface area contributed by atoms with E-state index in [1.165, 1.54) is 34.8 Å². The maximum atomic E-state index is 14.0. The minimum absolute atomic E-state index is 0.0777. The SMILES string of the molecule is CCc1cc(Cc2cc(C)c(N3C(=O)CC(NCc4cccc(OC(C)(CC)c5cc(C)c(OC(CC)C6CC6)c(C)c5)c4)C3=O)c(CC)c2)cc(C)c1N1C(=O)C=CC1=O. The fourth-order valence-corrected chi connectivity index (χ4v) is 9.26. The van der Waals surface area contributed by atoms with Gasteiger partial charge in [0, 0.05) is 18.7 Å². The zero-order chi connectivity index (χ0) is 43.7. The molecule has 320 valence electrons. The molecule has 4 amide bonds. The number of carbonyl (C=O) groups is 4. The minimum Gasteiger partial charge on any atom is -0.490 e. The lowest BCUT2D eigenvalue weighted by atomic mass is 9.89. The van der Waals surface area contributed by atoms with E-state index in [1.807, 2.05) is 58.0 Å². The highest BCUT2D eigenvalue weighted by molar-refractivity contribution is 6.28. The van der Waals surface area contributed by atoms with Gasteiger partial charge in [0.25, 0.3) is 17.7 Å². The molecule has 3 unspecified atom stereocenters. The van der Waals surface area contributed by atoms with Crippen LogP contribution in [-0.4, -0.2) is 35.8 Å². The van der Waals surface area contributed by atoms with Crippen LogP contribution in [0.4, 0.5) is 11.4 Å². The predicted octanol–water partition coefficient (Wildman–Crippen LogP) is 9.76. The Bertz CT molecular complexity index is 2370. The van der Waals surface area contributed by atoms with Gasteiger partial charge >= 0.3 is 0 Å². The van der Waals surface area contributed by atoms with Crippen molar-refractivity contribution in [2.24, 2.45) is 5.92 Å². The van der Waals surface area contributed by atoms with Gasteiger partial charge in [-0.05, 0) is 165 Å². The zero-order valence-corrected chi connectivity index (χ0v) is 37.4. The molecule has 0 aromatic heterocycles. The summed E-state index contributed by atoms with van der Waals surface area (Å²) >= 11 is 0. The molecule has 3 aliphatic rings. The fourth-order valence-electron chi connectivity index (χ4n) is 9.26. The van der Waals surface area contributed by atoms with E-state index in [4.69, 9.17) is 9.47 Å². The first-order valence-corrected chi connectivity index (χ1v) is 22.2. The van der Waals surface area contributed by atoms with Crippen LogP contribution < -0.4 is 24.6 Å². The summed E-state index contributed by atoms with van der Waals surface area (Å²) in [6.07, 6.45) is 9.17. The minimum atomic E-state index is -0.654. The number of rotatable bonds is 17. The molecule has 1 saturated carbocycles. The summed E-state index contributed by atoms with van der Waals surface area (Å²) < 4.78 is 13.3. The van der Waals surface area contributed by atoms with Crippen LogP contribution >= 0.6 is 0 Å². The zero-order valence-electron chi connectivity index (χ0n) is 37.4. The number of nitrogens with zero attached hydrogens (tertiary/aromatic N) is 2. The van der Waals surface area contributed by atoms with E-state index >= 15 is 0 Å². The third-order valence-electron chi connectivity index (χ3n) is 12.8. The first-order chi connectivity index (χ1) is 29.2. The second kappa shape index (κ2) is 17.8. The normalized spacial score (nSPS) is 18.0. The van der Waals surface area contributed by atoms with Crippen molar-refractivity contribution in [2.45, 2.75) is 138 Å². The number of hydrogen-bond donors (Lipinski definition) is 1. The van der Waals surface area contributed by atoms with E-state index in [2.05, 4.69) is 70.3 Å². The first-order valence-electron chi connectivity index (χ1n) is 22.2. The molecule has 2 fully saturated rings. The molecule has 0 spiro atoms. The summed E-state index contributed by atoms with van der Waals surface area (Å²) in [5.41, 5.74) is 10.7. The molecule has 1 saturated heterocycles. The quantitative estimate of drug-likeness (QED) is 0.106. The van der Waals surface area contributed by atoms with Crippen molar-refractivity contribution in [2.75, 3.05) is 9.80 Å². The van der Waals surface area contributed by atoms with Crippen LogP contribution in [0.25, 0.3) is 0 Å². The molecule has 4 aromatic rings. The van der Waals surface area contributed by atoms with Crippen LogP contribution in [0.2, 0.25) is 0 Å². The first kappa shape index (κ1) is 43.5. The number of benzene rings is 4. The Labute approximate surface area is 361 Å². The fraction of sp³-hybridized carbons (Fsp3) is 0.423. The maximum Gasteiger partial charge on any atom is 0.258 e. The van der Waals surface area contributed by atoms with Gasteiger partial charge in [-0.25, -0.2) is 9.80 Å². The second-order valence-corrected chi connectivity index (χ2v) is 17.5. The van der Waals surface area contributed by atoms with Crippen LogP contribution in [0.3, 0.4) is 0 Å². The number of aryl methyl sites for hydroxylation is 6. The van der Waals surface area contributed by atoms with E-state index in [0.29, 0.717) is 43.1 Å². The molecule has 1 N–H and O–H groups in total. The van der Waals surface area contributed by atoms with Gasteiger partial charge in [0.05, 0.1) is 23.8 Å². The Kier molecular flexibility index (Phi) is 12.7. The van der Waals surface area contributed by atoms with Gasteiger partial charge in [-0.1, -0.05) is 64.1 Å². The molecule has 9 heteroatoms. The lowest BCUT2D eigenvalue weighted by Gasteiger charge is -2.32. The number of carbonyl (C=O) groups excluding carboxylic acids is 4. The molecule has 4 aromatic carbocycles. The lowest BCUT2D eigenvalue weighted by Crippen LogP contribution is -2.39. The second-order valence-electron chi connectivity index (χ2n) is 17.5. The number of hydrogen-bond acceptors (Lipinski definition) is 7. The highest BCUT2D eigenvalue weighted by Crippen LogP contribution is 2.41. The summed E-state index contributed by atoms with van der Waals surface area (Å²) in [5, 5.41) is 3.38. The van der Waals surface area contributed by atoms with Gasteiger partial charge in [0.15, 0.2) is 0 Å². The Morgan fingerprint density at radius 3 is 1.87 bits per heavy atom. The predicted molar refractivity (Wildman–Crippen MR) is 241 cm³/mol. The largest absolute Gasteiger partial charge is 0.490 e. The Morgan fingerprint density at radius 2 is 1.33 bits per heavy atom. The summed E-state index contributed by atoms with van der Waals surface area (Å²) in [6, 6.07) is 20.0. The van der Waals surface area contributed by atoms with Crippen molar-refractivity contribution in [3.63, 3.8) is 0 Å². The summed E-state index contributed by atoms with van der Waals surface area (Å²) in [7, 11) is 0. The Morgan fingerprint density at radius 1 is 0.738 bits per heavy atom. The van der Waals surface area contributed by atoms with Crippen LogP contribution in [0.15, 0.2) is 72.8 Å². The molecule has 2 heterocycles. The van der Waals surface area contributed by atoms with E-state index in [-0.39, 0.29) is 36.2 Å². The van der Waals surface area contributed by atoms with Gasteiger partial charge < -0.3 is 14.8 Å². The van der Waals surface area contributed by atoms with Gasteiger partial charge in [-0.3, -0.25) is 19.2 Å². The third-order valence-corrected chi connectivity index (χ3v) is 12.8. The summed E-state index contributed by atoms with van der Waals surface area (Å²) in [5.74, 6) is 1.28. The highest BCUT2D eigenvalue weighted by atomic mass is 16.5. The Balaban J connectivity index is 1.03. The van der Waals surface area contributed by atoms with Crippen LogP contribution in [-0.2, 0) is 50.6 Å². The molecule has 7 rings (SSSR count). The number of ether oxygens (including phenoxy) is 2. The molecule has 0 bridgehead atoms. The van der Waals surface area contributed by atoms with E-state index < -0.39 is 11.6 Å². The molecule has 0 radical (unpaired) electrons. The van der Waals surface area contributed by atoms with Crippen LogP contribution in [0, 0.1) is 33.6 Å². The average Bonchev–Trinajstić information content (AvgIpc) is 3.97. The molecule has 3 atom stereocenters. The van der Waals surface area contributed by atoms with Crippen molar-refractivity contribution in [1.29, 1.82) is 0 Å². The summed E-state index contributed by atoms with van der Waals surface area (Å²) in [6.45, 7) is 19.1. The standard InChI is InChI=1S/C52H61N3O6/c1-10-38-26-36(21-31(5)48(38)54-45(56)19-20-46(54)57)25-37-22-32(6)49(39(11-2)27-37)55-47(58)29-43(51(55)59)53-30-35-15-14-16-42(28-35)61-52(9,13-4)41-23-33(7)50(34(8)24-41)60-44(12-3)40-17-18-40/h14-16,19-24,26-28,40,43-44,53H,10-13,17-18,25,29-30H2,1-9H3.